The SMILES string of the molecule is CC1=NN=C2C1c1sc(C)c(C)c1C(c1ccc(Cl)cc1)=N[C@H]2CC(=O)C(C)C. The van der Waals surface area contributed by atoms with Gasteiger partial charge < -0.3 is 0 Å². The summed E-state index contributed by atoms with van der Waals surface area (Å²) >= 11 is 7.92. The highest BCUT2D eigenvalue weighted by Crippen LogP contribution is 2.41. The standard InChI is InChI=1S/C23H24ClN3OS/c1-11(2)18(28)10-17-22-20(13(4)26-27-22)23-19(12(3)14(5)29-23)21(25-17)15-6-8-16(24)9-7-15/h6-9,11,17,20H,10H2,1-5H3/t17-,20?/m0/s1. The van der Waals surface area contributed by atoms with Crippen LogP contribution in [0.4, 0.5) is 0 Å². The van der Waals surface area contributed by atoms with E-state index in [4.69, 9.17) is 16.6 Å². The highest BCUT2D eigenvalue weighted by molar-refractivity contribution is 7.13. The van der Waals surface area contributed by atoms with E-state index in [-0.39, 0.29) is 23.7 Å². The number of Topliss-reactive ketones (excluding diaryl/α,β-unsaturated/α-hetero) is 1. The van der Waals surface area contributed by atoms with Crippen molar-refractivity contribution in [1.29, 1.82) is 0 Å². The topological polar surface area (TPSA) is 54.1 Å². The van der Waals surface area contributed by atoms with Crippen molar-refractivity contribution >= 4 is 45.9 Å². The van der Waals surface area contributed by atoms with E-state index >= 15 is 0 Å². The number of ketones is 1. The predicted molar refractivity (Wildman–Crippen MR) is 122 cm³/mol. The number of carbonyl (C=O) groups excluding carboxylic acids is 1. The number of benzene rings is 1. The third-order valence-electron chi connectivity index (χ3n) is 5.73. The summed E-state index contributed by atoms with van der Waals surface area (Å²) < 4.78 is 0. The zero-order valence-corrected chi connectivity index (χ0v) is 18.9. The second-order valence-corrected chi connectivity index (χ2v) is 9.74. The van der Waals surface area contributed by atoms with E-state index in [1.54, 1.807) is 11.3 Å². The summed E-state index contributed by atoms with van der Waals surface area (Å²) in [5, 5.41) is 9.58. The molecule has 150 valence electrons. The zero-order valence-electron chi connectivity index (χ0n) is 17.3. The molecule has 0 N–H and O–H groups in total. The monoisotopic (exact) mass is 425 g/mol. The number of halogens is 1. The van der Waals surface area contributed by atoms with Crippen molar-refractivity contribution in [2.75, 3.05) is 0 Å². The zero-order chi connectivity index (χ0) is 20.9. The first-order valence-corrected chi connectivity index (χ1v) is 11.1. The van der Waals surface area contributed by atoms with E-state index in [0.717, 1.165) is 28.3 Å². The quantitative estimate of drug-likeness (QED) is 0.613. The lowest BCUT2D eigenvalue weighted by molar-refractivity contribution is -0.121. The first-order valence-electron chi connectivity index (χ1n) is 9.86. The Bertz CT molecular complexity index is 1080. The summed E-state index contributed by atoms with van der Waals surface area (Å²) in [5.74, 6) is 0.159. The number of aliphatic imine (C=N–C) groups is 1. The fourth-order valence-electron chi connectivity index (χ4n) is 3.89. The van der Waals surface area contributed by atoms with E-state index in [9.17, 15) is 4.79 Å². The molecule has 6 heteroatoms. The average Bonchev–Trinajstić information content (AvgIpc) is 3.15. The molecule has 3 heterocycles. The summed E-state index contributed by atoms with van der Waals surface area (Å²) in [5.41, 5.74) is 6.18. The van der Waals surface area contributed by atoms with Gasteiger partial charge in [0.15, 0.2) is 0 Å². The summed E-state index contributed by atoms with van der Waals surface area (Å²) in [6, 6.07) is 7.47. The number of fused-ring (bicyclic) bond motifs is 3. The van der Waals surface area contributed by atoms with E-state index < -0.39 is 0 Å². The maximum absolute atomic E-state index is 12.6. The molecule has 2 aliphatic rings. The van der Waals surface area contributed by atoms with Gasteiger partial charge in [0, 0.05) is 38.2 Å². The second-order valence-electron chi connectivity index (χ2n) is 8.05. The fraction of sp³-hybridized carbons (Fsp3) is 0.391. The molecule has 1 unspecified atom stereocenters. The Balaban J connectivity index is 1.94. The molecule has 0 radical (unpaired) electrons. The molecule has 4 nitrogen and oxygen atoms in total. The smallest absolute Gasteiger partial charge is 0.137 e. The molecule has 2 atom stereocenters. The van der Waals surface area contributed by atoms with Crippen molar-refractivity contribution in [3.63, 3.8) is 0 Å². The molecule has 4 rings (SSSR count). The van der Waals surface area contributed by atoms with Crippen molar-refractivity contribution < 1.29 is 4.79 Å². The van der Waals surface area contributed by atoms with E-state index in [1.807, 2.05) is 45.0 Å². The van der Waals surface area contributed by atoms with Crippen LogP contribution in [0.3, 0.4) is 0 Å². The lowest BCUT2D eigenvalue weighted by Crippen LogP contribution is -2.29. The first kappa shape index (κ1) is 20.2. The van der Waals surface area contributed by atoms with Crippen LogP contribution in [0.1, 0.15) is 59.6 Å². The van der Waals surface area contributed by atoms with Gasteiger partial charge in [0.25, 0.3) is 0 Å². The summed E-state index contributed by atoms with van der Waals surface area (Å²) in [6.07, 6.45) is 0.347. The number of rotatable bonds is 4. The molecule has 0 saturated heterocycles. The Labute approximate surface area is 180 Å². The normalized spacial score (nSPS) is 20.6. The van der Waals surface area contributed by atoms with Crippen LogP contribution in [0.25, 0.3) is 0 Å². The molecule has 2 aromatic rings. The predicted octanol–water partition coefficient (Wildman–Crippen LogP) is 5.77. The molecule has 0 aliphatic carbocycles. The number of nitrogens with zero attached hydrogens (tertiary/aromatic N) is 3. The highest BCUT2D eigenvalue weighted by Gasteiger charge is 2.40. The van der Waals surface area contributed by atoms with Gasteiger partial charge in [0.2, 0.25) is 0 Å². The minimum Gasteiger partial charge on any atom is -0.299 e. The Morgan fingerprint density at radius 3 is 2.48 bits per heavy atom. The van der Waals surface area contributed by atoms with Crippen molar-refractivity contribution in [3.05, 3.63) is 55.7 Å². The maximum Gasteiger partial charge on any atom is 0.137 e. The molecule has 0 spiro atoms. The molecule has 0 amide bonds. The first-order chi connectivity index (χ1) is 13.8. The molecular weight excluding hydrogens is 402 g/mol. The molecule has 29 heavy (non-hydrogen) atoms. The van der Waals surface area contributed by atoms with Crippen LogP contribution >= 0.6 is 22.9 Å². The Hall–Kier alpha value is -2.11. The van der Waals surface area contributed by atoms with Gasteiger partial charge in [0.05, 0.1) is 29.1 Å². The van der Waals surface area contributed by atoms with Gasteiger partial charge in [-0.2, -0.15) is 10.2 Å². The molecule has 0 saturated carbocycles. The molecular formula is C23H24ClN3OS. The van der Waals surface area contributed by atoms with E-state index in [0.29, 0.717) is 11.4 Å². The summed E-state index contributed by atoms with van der Waals surface area (Å²) in [7, 11) is 0. The molecule has 0 bridgehead atoms. The van der Waals surface area contributed by atoms with Crippen molar-refractivity contribution in [2.45, 2.75) is 53.0 Å². The number of hydrogen-bond acceptors (Lipinski definition) is 5. The van der Waals surface area contributed by atoms with Crippen LogP contribution in [0.5, 0.6) is 0 Å². The van der Waals surface area contributed by atoms with Crippen molar-refractivity contribution in [3.8, 4) is 0 Å². The fourth-order valence-corrected chi connectivity index (χ4v) is 5.36. The van der Waals surface area contributed by atoms with Crippen LogP contribution in [-0.2, 0) is 4.79 Å². The Morgan fingerprint density at radius 1 is 1.14 bits per heavy atom. The molecule has 0 fully saturated rings. The third kappa shape index (κ3) is 3.51. The van der Waals surface area contributed by atoms with Crippen molar-refractivity contribution in [1.82, 2.24) is 0 Å². The second kappa shape index (κ2) is 7.62. The van der Waals surface area contributed by atoms with E-state index in [2.05, 4.69) is 24.1 Å². The largest absolute Gasteiger partial charge is 0.299 e. The van der Waals surface area contributed by atoms with Gasteiger partial charge in [-0.3, -0.25) is 9.79 Å². The molecule has 1 aromatic heterocycles. The van der Waals surface area contributed by atoms with Gasteiger partial charge >= 0.3 is 0 Å². The van der Waals surface area contributed by atoms with Crippen LogP contribution in [-0.4, -0.2) is 29.0 Å². The minimum atomic E-state index is -0.305. The van der Waals surface area contributed by atoms with Crippen LogP contribution < -0.4 is 0 Å². The lowest BCUT2D eigenvalue weighted by Gasteiger charge is -2.17. The van der Waals surface area contributed by atoms with Crippen molar-refractivity contribution in [2.24, 2.45) is 21.1 Å². The maximum atomic E-state index is 12.6. The summed E-state index contributed by atoms with van der Waals surface area (Å²) in [6.45, 7) is 10.2. The molecule has 2 aliphatic heterocycles. The van der Waals surface area contributed by atoms with Crippen LogP contribution in [0, 0.1) is 19.8 Å². The van der Waals surface area contributed by atoms with Gasteiger partial charge in [-0.15, -0.1) is 11.3 Å². The Morgan fingerprint density at radius 2 is 1.83 bits per heavy atom. The van der Waals surface area contributed by atoms with Gasteiger partial charge in [0.1, 0.15) is 5.78 Å². The van der Waals surface area contributed by atoms with Gasteiger partial charge in [-0.05, 0) is 38.5 Å². The highest BCUT2D eigenvalue weighted by atomic mass is 35.5. The molecule has 1 aromatic carbocycles. The number of carbonyl (C=O) groups is 1. The van der Waals surface area contributed by atoms with Gasteiger partial charge in [-0.1, -0.05) is 37.6 Å². The Kier molecular flexibility index (Phi) is 5.30. The van der Waals surface area contributed by atoms with Gasteiger partial charge in [-0.25, -0.2) is 0 Å². The number of thiophene rings is 1. The third-order valence-corrected chi connectivity index (χ3v) is 7.25. The summed E-state index contributed by atoms with van der Waals surface area (Å²) in [4.78, 5) is 20.3. The minimum absolute atomic E-state index is 0.000845. The van der Waals surface area contributed by atoms with Crippen LogP contribution in [0.2, 0.25) is 5.02 Å². The average molecular weight is 426 g/mol. The lowest BCUT2D eigenvalue weighted by atomic mass is 9.87. The number of aryl methyl sites for hydroxylation is 1. The van der Waals surface area contributed by atoms with Crippen LogP contribution in [0.15, 0.2) is 39.5 Å². The van der Waals surface area contributed by atoms with E-state index in [1.165, 1.54) is 15.3 Å². The number of hydrogen-bond donors (Lipinski definition) is 0.